The van der Waals surface area contributed by atoms with Gasteiger partial charge in [-0.05, 0) is 97.3 Å². The van der Waals surface area contributed by atoms with Crippen molar-refractivity contribution in [2.45, 2.75) is 38.6 Å². The number of hydrogen-bond acceptors (Lipinski definition) is 4. The van der Waals surface area contributed by atoms with Gasteiger partial charge in [0.2, 0.25) is 0 Å². The van der Waals surface area contributed by atoms with Gasteiger partial charge in [-0.1, -0.05) is 110 Å². The fourth-order valence-corrected chi connectivity index (χ4v) is 9.68. The van der Waals surface area contributed by atoms with E-state index in [-0.39, 0.29) is 0 Å². The smallest absolute Gasteiger partial charge is 0.137 e. The Morgan fingerprint density at radius 3 is 2.28 bits per heavy atom. The van der Waals surface area contributed by atoms with Crippen LogP contribution in [0.2, 0.25) is 0 Å². The second kappa shape index (κ2) is 13.3. The molecule has 0 fully saturated rings. The van der Waals surface area contributed by atoms with Crippen LogP contribution in [0.4, 0.5) is 22.7 Å². The summed E-state index contributed by atoms with van der Waals surface area (Å²) in [6.45, 7) is 2.41. The third-order valence-corrected chi connectivity index (χ3v) is 12.2. The third kappa shape index (κ3) is 5.66. The molecule has 4 heteroatoms. The summed E-state index contributed by atoms with van der Waals surface area (Å²) in [5, 5.41) is 4.92. The predicted octanol–water partition coefficient (Wildman–Crippen LogP) is 14.5. The first kappa shape index (κ1) is 31.9. The number of rotatable bonds is 7. The summed E-state index contributed by atoms with van der Waals surface area (Å²) in [5.74, 6) is 0.527. The van der Waals surface area contributed by atoms with Gasteiger partial charge in [-0.2, -0.15) is 0 Å². The van der Waals surface area contributed by atoms with Crippen molar-refractivity contribution in [1.82, 2.24) is 0 Å². The Morgan fingerprint density at radius 2 is 1.42 bits per heavy atom. The van der Waals surface area contributed by atoms with Crippen LogP contribution < -0.4 is 9.80 Å². The van der Waals surface area contributed by atoms with Crippen molar-refractivity contribution >= 4 is 76.2 Å². The summed E-state index contributed by atoms with van der Waals surface area (Å²) in [6.07, 6.45) is 16.3. The van der Waals surface area contributed by atoms with Crippen LogP contribution in [0.5, 0.6) is 0 Å². The standard InChI is InChI=1S/C49H40N2OS/c1-33-14-8-10-22-43(33)51(36-18-6-3-7-19-36)44-23-13-25-47-49(44)42-29-27-39(32-48(42)53-47)50(37-20-12-17-35(30-37)34-15-4-2-5-16-34)38-26-28-41-40-21-9-11-24-45(40)52-46(41)31-38/h2-7,9,11-13,15-18,20-33,36H,8,10,14,19H2,1H3. The Balaban J connectivity index is 1.14. The van der Waals surface area contributed by atoms with E-state index in [2.05, 4.69) is 168 Å². The average molecular weight is 705 g/mol. The predicted molar refractivity (Wildman–Crippen MR) is 227 cm³/mol. The molecule has 2 atom stereocenters. The van der Waals surface area contributed by atoms with Gasteiger partial charge in [-0.25, -0.2) is 0 Å². The van der Waals surface area contributed by atoms with Crippen LogP contribution in [-0.2, 0) is 0 Å². The number of allylic oxidation sites excluding steroid dienone is 4. The van der Waals surface area contributed by atoms with E-state index in [0.717, 1.165) is 51.8 Å². The quantitative estimate of drug-likeness (QED) is 0.165. The average Bonchev–Trinajstić information content (AvgIpc) is 3.78. The molecule has 6 aromatic carbocycles. The van der Waals surface area contributed by atoms with Crippen molar-refractivity contribution in [3.63, 3.8) is 0 Å². The summed E-state index contributed by atoms with van der Waals surface area (Å²) in [4.78, 5) is 5.04. The van der Waals surface area contributed by atoms with E-state index in [4.69, 9.17) is 4.42 Å². The summed E-state index contributed by atoms with van der Waals surface area (Å²) < 4.78 is 9.02. The van der Waals surface area contributed by atoms with Crippen LogP contribution >= 0.6 is 11.3 Å². The minimum atomic E-state index is 0.298. The zero-order valence-electron chi connectivity index (χ0n) is 29.8. The van der Waals surface area contributed by atoms with E-state index in [9.17, 15) is 0 Å². The van der Waals surface area contributed by atoms with Gasteiger partial charge in [0.15, 0.2) is 0 Å². The SMILES string of the molecule is CC1CCCC=C1N(c1cccc2sc3cc(N(c4cccc(-c5ccccc5)c4)c4ccc5c(c4)oc4ccccc45)ccc3c12)C1C=CC=CC1. The van der Waals surface area contributed by atoms with E-state index in [1.54, 1.807) is 0 Å². The number of furan rings is 1. The first-order chi connectivity index (χ1) is 26.2. The number of hydrogen-bond donors (Lipinski definition) is 0. The molecule has 8 aromatic rings. The van der Waals surface area contributed by atoms with Gasteiger partial charge < -0.3 is 14.2 Å². The van der Waals surface area contributed by atoms with Gasteiger partial charge in [0.05, 0.1) is 11.7 Å². The Morgan fingerprint density at radius 1 is 0.642 bits per heavy atom. The second-order valence-electron chi connectivity index (χ2n) is 14.4. The van der Waals surface area contributed by atoms with E-state index >= 15 is 0 Å². The van der Waals surface area contributed by atoms with Crippen LogP contribution in [-0.4, -0.2) is 6.04 Å². The first-order valence-corrected chi connectivity index (χ1v) is 19.7. The second-order valence-corrected chi connectivity index (χ2v) is 15.5. The minimum Gasteiger partial charge on any atom is -0.456 e. The number of nitrogens with zero attached hydrogens (tertiary/aromatic N) is 2. The highest BCUT2D eigenvalue weighted by atomic mass is 32.1. The van der Waals surface area contributed by atoms with Crippen molar-refractivity contribution in [3.05, 3.63) is 170 Å². The maximum atomic E-state index is 6.42. The fourth-order valence-electron chi connectivity index (χ4n) is 8.52. The lowest BCUT2D eigenvalue weighted by Gasteiger charge is -2.39. The summed E-state index contributed by atoms with van der Waals surface area (Å²) >= 11 is 1.89. The molecule has 0 saturated heterocycles. The zero-order valence-corrected chi connectivity index (χ0v) is 30.6. The lowest BCUT2D eigenvalue weighted by atomic mass is 9.90. The Kier molecular flexibility index (Phi) is 7.99. The third-order valence-electron chi connectivity index (χ3n) is 11.1. The molecule has 0 amide bonds. The number of benzene rings is 6. The molecule has 2 aliphatic rings. The maximum absolute atomic E-state index is 6.42. The minimum absolute atomic E-state index is 0.298. The van der Waals surface area contributed by atoms with Crippen LogP contribution in [0.3, 0.4) is 0 Å². The van der Waals surface area contributed by atoms with Gasteiger partial charge in [0.1, 0.15) is 11.2 Å². The van der Waals surface area contributed by atoms with Crippen molar-refractivity contribution in [3.8, 4) is 11.1 Å². The maximum Gasteiger partial charge on any atom is 0.137 e. The molecule has 10 rings (SSSR count). The van der Waals surface area contributed by atoms with Crippen molar-refractivity contribution in [2.24, 2.45) is 5.92 Å². The molecule has 0 spiro atoms. The monoisotopic (exact) mass is 704 g/mol. The molecule has 0 radical (unpaired) electrons. The van der Waals surface area contributed by atoms with Crippen molar-refractivity contribution in [1.29, 1.82) is 0 Å². The molecule has 0 aliphatic heterocycles. The molecule has 53 heavy (non-hydrogen) atoms. The molecule has 2 aliphatic carbocycles. The van der Waals surface area contributed by atoms with E-state index in [1.165, 1.54) is 55.5 Å². The molecule has 2 unspecified atom stereocenters. The van der Waals surface area contributed by atoms with Gasteiger partial charge in [-0.15, -0.1) is 11.3 Å². The first-order valence-electron chi connectivity index (χ1n) is 18.8. The number of fused-ring (bicyclic) bond motifs is 6. The lowest BCUT2D eigenvalue weighted by Crippen LogP contribution is -2.36. The van der Waals surface area contributed by atoms with Gasteiger partial charge in [-0.3, -0.25) is 0 Å². The molecular formula is C49H40N2OS. The highest BCUT2D eigenvalue weighted by Gasteiger charge is 2.28. The Hall–Kier alpha value is -5.84. The fraction of sp³-hybridized carbons (Fsp3) is 0.143. The van der Waals surface area contributed by atoms with Crippen molar-refractivity contribution in [2.75, 3.05) is 9.80 Å². The van der Waals surface area contributed by atoms with Gasteiger partial charge in [0.25, 0.3) is 0 Å². The lowest BCUT2D eigenvalue weighted by molar-refractivity contribution is 0.521. The van der Waals surface area contributed by atoms with Gasteiger partial charge >= 0.3 is 0 Å². The highest BCUT2D eigenvalue weighted by Crippen LogP contribution is 2.47. The van der Waals surface area contributed by atoms with E-state index < -0.39 is 0 Å². The topological polar surface area (TPSA) is 19.6 Å². The molecule has 2 heterocycles. The summed E-state index contributed by atoms with van der Waals surface area (Å²) in [6, 6.07) is 48.7. The number of para-hydroxylation sites is 1. The Labute approximate surface area is 314 Å². The van der Waals surface area contributed by atoms with Crippen LogP contribution in [0.25, 0.3) is 53.2 Å². The molecular weight excluding hydrogens is 665 g/mol. The van der Waals surface area contributed by atoms with Crippen LogP contribution in [0.1, 0.15) is 32.6 Å². The van der Waals surface area contributed by atoms with E-state index in [0.29, 0.717) is 12.0 Å². The van der Waals surface area contributed by atoms with Gasteiger partial charge in [0, 0.05) is 59.8 Å². The number of thiophene rings is 1. The highest BCUT2D eigenvalue weighted by molar-refractivity contribution is 7.26. The molecule has 2 aromatic heterocycles. The summed E-state index contributed by atoms with van der Waals surface area (Å²) in [7, 11) is 0. The van der Waals surface area contributed by atoms with Crippen LogP contribution in [0.15, 0.2) is 174 Å². The van der Waals surface area contributed by atoms with Crippen LogP contribution in [0, 0.1) is 5.92 Å². The summed E-state index contributed by atoms with van der Waals surface area (Å²) in [5.41, 5.74) is 10.2. The zero-order chi connectivity index (χ0) is 35.3. The van der Waals surface area contributed by atoms with Crippen molar-refractivity contribution < 1.29 is 4.42 Å². The molecule has 0 bridgehead atoms. The van der Waals surface area contributed by atoms with E-state index in [1.807, 2.05) is 23.5 Å². The normalized spacial score (nSPS) is 17.2. The molecule has 258 valence electrons. The number of anilines is 4. The largest absolute Gasteiger partial charge is 0.456 e. The Bertz CT molecular complexity index is 2730. The molecule has 0 N–H and O–H groups in total. The molecule has 3 nitrogen and oxygen atoms in total. The molecule has 0 saturated carbocycles.